The lowest BCUT2D eigenvalue weighted by molar-refractivity contribution is 0.243. The van der Waals surface area contributed by atoms with Crippen LogP contribution in [0.25, 0.3) is 20.9 Å². The minimum Gasteiger partial charge on any atom is -0.490 e. The topological polar surface area (TPSA) is 147 Å². The molecule has 8 N–H and O–H groups in total. The molecule has 0 bridgehead atoms. The lowest BCUT2D eigenvalue weighted by Crippen LogP contribution is -2.21. The predicted molar refractivity (Wildman–Crippen MR) is 138 cm³/mol. The normalized spacial score (nSPS) is 10.8. The molecule has 0 aliphatic heterocycles. The van der Waals surface area contributed by atoms with Crippen LogP contribution in [0.5, 0.6) is 11.5 Å². The monoisotopic (exact) mass is 466 g/mol. The fraction of sp³-hybridized carbons (Fsp3) is 0.250. The quantitative estimate of drug-likeness (QED) is 0.284. The molecule has 0 aliphatic rings. The Morgan fingerprint density at radius 2 is 1.06 bits per heavy atom. The average Bonchev–Trinajstić information content (AvgIpc) is 3.16. The second-order valence-corrected chi connectivity index (χ2v) is 9.02. The first kappa shape index (κ1) is 23.9. The van der Waals surface area contributed by atoms with E-state index in [1.54, 1.807) is 11.3 Å². The maximum Gasteiger partial charge on any atom is 0.191 e. The largest absolute Gasteiger partial charge is 0.490 e. The van der Waals surface area contributed by atoms with E-state index in [2.05, 4.69) is 22.1 Å². The van der Waals surface area contributed by atoms with Crippen molar-refractivity contribution < 1.29 is 9.47 Å². The number of benzene rings is 2. The van der Waals surface area contributed by atoms with Crippen molar-refractivity contribution in [3.8, 4) is 32.4 Å². The van der Waals surface area contributed by atoms with Gasteiger partial charge in [-0.25, -0.2) is 9.98 Å². The predicted octanol–water partition coefficient (Wildman–Crippen LogP) is 4.47. The van der Waals surface area contributed by atoms with Gasteiger partial charge in [0.1, 0.15) is 11.5 Å². The highest BCUT2D eigenvalue weighted by Crippen LogP contribution is 2.43. The number of hydrogen-bond acceptors (Lipinski definition) is 5. The number of nitrogens with zero attached hydrogens (tertiary/aromatic N) is 2. The SMILES string of the molecule is CC(C)Oc1cc(N=C(N)N)ccc1-c1ccc(-c2ccc(N=C(N)N)cc2OC(C)C)s1. The van der Waals surface area contributed by atoms with Crippen LogP contribution in [-0.2, 0) is 0 Å². The molecule has 9 heteroatoms. The highest BCUT2D eigenvalue weighted by atomic mass is 32.1. The molecule has 8 nitrogen and oxygen atoms in total. The zero-order valence-corrected chi connectivity index (χ0v) is 20.0. The van der Waals surface area contributed by atoms with Crippen molar-refractivity contribution >= 4 is 34.6 Å². The summed E-state index contributed by atoms with van der Waals surface area (Å²) in [4.78, 5) is 10.4. The molecule has 0 saturated heterocycles. The van der Waals surface area contributed by atoms with Crippen LogP contribution < -0.4 is 32.4 Å². The Labute approximate surface area is 197 Å². The van der Waals surface area contributed by atoms with Crippen molar-refractivity contribution in [1.82, 2.24) is 0 Å². The second-order valence-electron chi connectivity index (χ2n) is 7.93. The summed E-state index contributed by atoms with van der Waals surface area (Å²) in [5.41, 5.74) is 25.3. The molecular formula is C24H30N6O2S. The lowest BCUT2D eigenvalue weighted by atomic mass is 10.1. The second kappa shape index (κ2) is 10.3. The number of aliphatic imine (C=N–C) groups is 2. The molecule has 174 valence electrons. The van der Waals surface area contributed by atoms with Crippen LogP contribution in [-0.4, -0.2) is 24.1 Å². The van der Waals surface area contributed by atoms with Gasteiger partial charge in [-0.1, -0.05) is 0 Å². The average molecular weight is 467 g/mol. The summed E-state index contributed by atoms with van der Waals surface area (Å²) in [5, 5.41) is 0. The molecular weight excluding hydrogens is 436 g/mol. The van der Waals surface area contributed by atoms with Gasteiger partial charge in [0.25, 0.3) is 0 Å². The summed E-state index contributed by atoms with van der Waals surface area (Å²) >= 11 is 1.63. The third-order valence-corrected chi connectivity index (χ3v) is 5.46. The van der Waals surface area contributed by atoms with Crippen molar-refractivity contribution in [2.24, 2.45) is 32.9 Å². The van der Waals surface area contributed by atoms with E-state index in [0.717, 1.165) is 20.9 Å². The molecule has 3 aromatic rings. The van der Waals surface area contributed by atoms with Gasteiger partial charge < -0.3 is 32.4 Å². The van der Waals surface area contributed by atoms with E-state index in [-0.39, 0.29) is 24.1 Å². The molecule has 0 unspecified atom stereocenters. The van der Waals surface area contributed by atoms with Crippen molar-refractivity contribution in [2.45, 2.75) is 39.9 Å². The number of ether oxygens (including phenoxy) is 2. The maximum absolute atomic E-state index is 6.06. The first-order valence-corrected chi connectivity index (χ1v) is 11.3. The number of thiophene rings is 1. The van der Waals surface area contributed by atoms with E-state index in [4.69, 9.17) is 32.4 Å². The fourth-order valence-electron chi connectivity index (χ4n) is 3.20. The minimum atomic E-state index is -0.00763. The first-order chi connectivity index (χ1) is 15.6. The van der Waals surface area contributed by atoms with Gasteiger partial charge in [0.15, 0.2) is 11.9 Å². The molecule has 0 atom stereocenters. The zero-order valence-electron chi connectivity index (χ0n) is 19.2. The van der Waals surface area contributed by atoms with E-state index in [9.17, 15) is 0 Å². The molecule has 33 heavy (non-hydrogen) atoms. The number of nitrogens with two attached hydrogens (primary N) is 4. The lowest BCUT2D eigenvalue weighted by Gasteiger charge is -2.15. The third kappa shape index (κ3) is 6.39. The van der Waals surface area contributed by atoms with Crippen molar-refractivity contribution in [2.75, 3.05) is 0 Å². The molecule has 0 aliphatic carbocycles. The van der Waals surface area contributed by atoms with E-state index < -0.39 is 0 Å². The Balaban J connectivity index is 2.05. The minimum absolute atomic E-state index is 0.00138. The number of rotatable bonds is 8. The van der Waals surface area contributed by atoms with Crippen molar-refractivity contribution in [3.63, 3.8) is 0 Å². The van der Waals surface area contributed by atoms with E-state index in [0.29, 0.717) is 22.9 Å². The van der Waals surface area contributed by atoms with Gasteiger partial charge in [-0.2, -0.15) is 0 Å². The van der Waals surface area contributed by atoms with Gasteiger partial charge in [-0.05, 0) is 64.1 Å². The van der Waals surface area contributed by atoms with Gasteiger partial charge in [0.2, 0.25) is 0 Å². The van der Waals surface area contributed by atoms with Crippen molar-refractivity contribution in [3.05, 3.63) is 48.5 Å². The van der Waals surface area contributed by atoms with Crippen LogP contribution >= 0.6 is 11.3 Å². The summed E-state index contributed by atoms with van der Waals surface area (Å²) in [6.07, 6.45) is -0.0153. The van der Waals surface area contributed by atoms with Crippen LogP contribution in [0.4, 0.5) is 11.4 Å². The number of hydrogen-bond donors (Lipinski definition) is 4. The molecule has 1 heterocycles. The highest BCUT2D eigenvalue weighted by Gasteiger charge is 2.16. The Kier molecular flexibility index (Phi) is 7.44. The van der Waals surface area contributed by atoms with E-state index in [1.165, 1.54) is 0 Å². The van der Waals surface area contributed by atoms with E-state index in [1.807, 2.05) is 64.1 Å². The summed E-state index contributed by atoms with van der Waals surface area (Å²) in [5.74, 6) is 1.42. The van der Waals surface area contributed by atoms with E-state index >= 15 is 0 Å². The van der Waals surface area contributed by atoms with Crippen molar-refractivity contribution in [1.29, 1.82) is 0 Å². The third-order valence-electron chi connectivity index (χ3n) is 4.31. The van der Waals surface area contributed by atoms with Crippen LogP contribution in [0.3, 0.4) is 0 Å². The molecule has 1 aromatic heterocycles. The summed E-state index contributed by atoms with van der Waals surface area (Å²) in [7, 11) is 0. The molecule has 3 rings (SSSR count). The maximum atomic E-state index is 6.06. The summed E-state index contributed by atoms with van der Waals surface area (Å²) in [6.45, 7) is 7.91. The molecule has 0 spiro atoms. The molecule has 0 fully saturated rings. The fourth-order valence-corrected chi connectivity index (χ4v) is 4.26. The van der Waals surface area contributed by atoms with Gasteiger partial charge >= 0.3 is 0 Å². The Hall–Kier alpha value is -3.72. The van der Waals surface area contributed by atoms with Gasteiger partial charge in [-0.3, -0.25) is 0 Å². The zero-order chi connectivity index (χ0) is 24.1. The first-order valence-electron chi connectivity index (χ1n) is 10.5. The smallest absolute Gasteiger partial charge is 0.191 e. The standard InChI is InChI=1S/C24H30N6O2S/c1-13(2)31-19-11-15(29-23(25)26)5-7-17(19)21-9-10-22(33-21)18-8-6-16(30-24(27)28)12-20(18)32-14(3)4/h5-14H,1-4H3,(H4,25,26,29)(H4,27,28,30). The van der Waals surface area contributed by atoms with Gasteiger partial charge in [0, 0.05) is 33.0 Å². The van der Waals surface area contributed by atoms with Crippen LogP contribution in [0.2, 0.25) is 0 Å². The molecule has 0 amide bonds. The number of guanidine groups is 2. The van der Waals surface area contributed by atoms with Gasteiger partial charge in [0.05, 0.1) is 23.6 Å². The molecule has 0 saturated carbocycles. The summed E-state index contributed by atoms with van der Waals surface area (Å²) < 4.78 is 12.1. The van der Waals surface area contributed by atoms with Crippen LogP contribution in [0, 0.1) is 0 Å². The Bertz CT molecular complexity index is 1090. The van der Waals surface area contributed by atoms with Crippen LogP contribution in [0.15, 0.2) is 58.5 Å². The van der Waals surface area contributed by atoms with Gasteiger partial charge in [-0.15, -0.1) is 11.3 Å². The Morgan fingerprint density at radius 3 is 1.39 bits per heavy atom. The Morgan fingerprint density at radius 1 is 0.667 bits per heavy atom. The van der Waals surface area contributed by atoms with Crippen LogP contribution in [0.1, 0.15) is 27.7 Å². The highest BCUT2D eigenvalue weighted by molar-refractivity contribution is 7.18. The summed E-state index contributed by atoms with van der Waals surface area (Å²) in [6, 6.07) is 15.4. The molecule has 0 radical (unpaired) electrons. The molecule has 2 aromatic carbocycles.